The fourth-order valence-corrected chi connectivity index (χ4v) is 3.78. The maximum atomic E-state index is 12.2. The van der Waals surface area contributed by atoms with Crippen LogP contribution in [0, 0.1) is 12.8 Å². The molecule has 2 N–H and O–H groups in total. The quantitative estimate of drug-likeness (QED) is 0.836. The standard InChI is InChI=1S/C16H18N2O3S/c1-9-3-4-13-11(7-9)8-14(22-13)16(20)18-17-15(19)12-5-6-21-10(12)2/h5-6,8-9H,3-4,7H2,1-2H3,(H,17,19)(H,18,20)/t9-/m1/s1. The molecule has 1 aliphatic carbocycles. The topological polar surface area (TPSA) is 71.3 Å². The van der Waals surface area contributed by atoms with Gasteiger partial charge in [-0.1, -0.05) is 6.92 Å². The summed E-state index contributed by atoms with van der Waals surface area (Å²) in [6.45, 7) is 3.93. The Morgan fingerprint density at radius 1 is 1.32 bits per heavy atom. The lowest BCUT2D eigenvalue weighted by Crippen LogP contribution is -2.41. The Balaban J connectivity index is 1.63. The average molecular weight is 318 g/mol. The van der Waals surface area contributed by atoms with E-state index in [4.69, 9.17) is 4.42 Å². The fourth-order valence-electron chi connectivity index (χ4n) is 2.68. The zero-order chi connectivity index (χ0) is 15.7. The first-order valence-electron chi connectivity index (χ1n) is 7.31. The lowest BCUT2D eigenvalue weighted by atomic mass is 9.90. The molecule has 1 atom stereocenters. The highest BCUT2D eigenvalue weighted by atomic mass is 32.1. The second-order valence-corrected chi connectivity index (χ2v) is 6.84. The lowest BCUT2D eigenvalue weighted by molar-refractivity contribution is 0.0848. The predicted molar refractivity (Wildman–Crippen MR) is 83.9 cm³/mol. The molecule has 0 aromatic carbocycles. The number of thiophene rings is 1. The third kappa shape index (κ3) is 2.92. The molecule has 0 spiro atoms. The number of carbonyl (C=O) groups excluding carboxylic acids is 2. The molecule has 2 aromatic rings. The molecule has 1 aliphatic rings. The highest BCUT2D eigenvalue weighted by Crippen LogP contribution is 2.32. The van der Waals surface area contributed by atoms with Gasteiger partial charge in [0.15, 0.2) is 0 Å². The third-order valence-electron chi connectivity index (χ3n) is 3.95. The van der Waals surface area contributed by atoms with Gasteiger partial charge in [0, 0.05) is 4.88 Å². The molecule has 3 rings (SSSR count). The molecule has 6 heteroatoms. The van der Waals surface area contributed by atoms with Gasteiger partial charge in [-0.3, -0.25) is 20.4 Å². The molecule has 2 aromatic heterocycles. The maximum absolute atomic E-state index is 12.2. The van der Waals surface area contributed by atoms with Crippen LogP contribution in [0.25, 0.3) is 0 Å². The number of nitrogens with one attached hydrogen (secondary N) is 2. The van der Waals surface area contributed by atoms with Crippen molar-refractivity contribution in [2.24, 2.45) is 5.92 Å². The first-order chi connectivity index (χ1) is 10.5. The minimum Gasteiger partial charge on any atom is -0.469 e. The summed E-state index contributed by atoms with van der Waals surface area (Å²) < 4.78 is 5.07. The number of hydrogen-bond acceptors (Lipinski definition) is 4. The van der Waals surface area contributed by atoms with Gasteiger partial charge in [-0.15, -0.1) is 11.3 Å². The van der Waals surface area contributed by atoms with Crippen molar-refractivity contribution in [3.63, 3.8) is 0 Å². The average Bonchev–Trinajstić information content (AvgIpc) is 3.09. The first-order valence-corrected chi connectivity index (χ1v) is 8.12. The van der Waals surface area contributed by atoms with Crippen molar-refractivity contribution >= 4 is 23.2 Å². The first kappa shape index (κ1) is 14.8. The van der Waals surface area contributed by atoms with Crippen LogP contribution >= 0.6 is 11.3 Å². The number of aryl methyl sites for hydroxylation is 2. The summed E-state index contributed by atoms with van der Waals surface area (Å²) in [6, 6.07) is 3.52. The molecule has 0 saturated heterocycles. The van der Waals surface area contributed by atoms with Crippen molar-refractivity contribution in [2.45, 2.75) is 33.1 Å². The summed E-state index contributed by atoms with van der Waals surface area (Å²) in [4.78, 5) is 26.0. The van der Waals surface area contributed by atoms with E-state index in [-0.39, 0.29) is 11.8 Å². The van der Waals surface area contributed by atoms with Gasteiger partial charge in [-0.25, -0.2) is 0 Å². The predicted octanol–water partition coefficient (Wildman–Crippen LogP) is 2.85. The number of furan rings is 1. The molecule has 116 valence electrons. The molecule has 0 unspecified atom stereocenters. The van der Waals surface area contributed by atoms with Gasteiger partial charge in [-0.05, 0) is 49.8 Å². The van der Waals surface area contributed by atoms with Crippen LogP contribution in [0.2, 0.25) is 0 Å². The van der Waals surface area contributed by atoms with Gasteiger partial charge in [0.1, 0.15) is 5.76 Å². The van der Waals surface area contributed by atoms with Gasteiger partial charge < -0.3 is 4.42 Å². The summed E-state index contributed by atoms with van der Waals surface area (Å²) in [5.74, 6) is 0.533. The largest absolute Gasteiger partial charge is 0.469 e. The van der Waals surface area contributed by atoms with Crippen LogP contribution in [-0.4, -0.2) is 11.8 Å². The summed E-state index contributed by atoms with van der Waals surface area (Å²) in [7, 11) is 0. The molecule has 0 bridgehead atoms. The molecular formula is C16H18N2O3S. The molecule has 0 radical (unpaired) electrons. The second kappa shape index (κ2) is 5.96. The molecular weight excluding hydrogens is 300 g/mol. The molecule has 0 fully saturated rings. The number of fused-ring (bicyclic) bond motifs is 1. The van der Waals surface area contributed by atoms with E-state index in [1.54, 1.807) is 13.0 Å². The summed E-state index contributed by atoms with van der Waals surface area (Å²) in [5.41, 5.74) is 6.57. The van der Waals surface area contributed by atoms with Crippen molar-refractivity contribution < 1.29 is 14.0 Å². The van der Waals surface area contributed by atoms with Crippen LogP contribution in [-0.2, 0) is 12.8 Å². The highest BCUT2D eigenvalue weighted by molar-refractivity contribution is 7.14. The Kier molecular flexibility index (Phi) is 4.02. The number of carbonyl (C=O) groups is 2. The zero-order valence-electron chi connectivity index (χ0n) is 12.6. The summed E-state index contributed by atoms with van der Waals surface area (Å²) in [6.07, 6.45) is 4.68. The van der Waals surface area contributed by atoms with Crippen LogP contribution in [0.4, 0.5) is 0 Å². The van der Waals surface area contributed by atoms with E-state index in [0.29, 0.717) is 22.1 Å². The van der Waals surface area contributed by atoms with Crippen LogP contribution in [0.1, 0.15) is 49.6 Å². The van der Waals surface area contributed by atoms with Crippen molar-refractivity contribution in [2.75, 3.05) is 0 Å². The monoisotopic (exact) mass is 318 g/mol. The smallest absolute Gasteiger partial charge is 0.279 e. The fraction of sp³-hybridized carbons (Fsp3) is 0.375. The number of amides is 2. The zero-order valence-corrected chi connectivity index (χ0v) is 13.4. The van der Waals surface area contributed by atoms with E-state index in [1.807, 2.05) is 6.07 Å². The third-order valence-corrected chi connectivity index (χ3v) is 5.18. The van der Waals surface area contributed by atoms with Gasteiger partial charge in [0.25, 0.3) is 11.8 Å². The van der Waals surface area contributed by atoms with Gasteiger partial charge in [0.05, 0.1) is 16.7 Å². The van der Waals surface area contributed by atoms with Crippen LogP contribution in [0.5, 0.6) is 0 Å². The van der Waals surface area contributed by atoms with E-state index in [2.05, 4.69) is 17.8 Å². The minimum atomic E-state index is -0.380. The van der Waals surface area contributed by atoms with Crippen molar-refractivity contribution in [1.29, 1.82) is 0 Å². The van der Waals surface area contributed by atoms with E-state index in [9.17, 15) is 9.59 Å². The van der Waals surface area contributed by atoms with Crippen molar-refractivity contribution in [3.05, 3.63) is 45.0 Å². The molecule has 2 heterocycles. The Bertz CT molecular complexity index is 717. The van der Waals surface area contributed by atoms with E-state index >= 15 is 0 Å². The minimum absolute atomic E-state index is 0.276. The summed E-state index contributed by atoms with van der Waals surface area (Å²) in [5, 5.41) is 0. The van der Waals surface area contributed by atoms with Crippen LogP contribution in [0.3, 0.4) is 0 Å². The Morgan fingerprint density at radius 3 is 2.82 bits per heavy atom. The number of hydrazine groups is 1. The SMILES string of the molecule is Cc1occc1C(=O)NNC(=O)c1cc2c(s1)CC[C@@H](C)C2. The van der Waals surface area contributed by atoms with Crippen molar-refractivity contribution in [1.82, 2.24) is 10.9 Å². The van der Waals surface area contributed by atoms with Crippen LogP contribution < -0.4 is 10.9 Å². The Morgan fingerprint density at radius 2 is 2.09 bits per heavy atom. The normalized spacial score (nSPS) is 16.9. The van der Waals surface area contributed by atoms with Gasteiger partial charge in [0.2, 0.25) is 0 Å². The van der Waals surface area contributed by atoms with E-state index < -0.39 is 0 Å². The van der Waals surface area contributed by atoms with Crippen LogP contribution in [0.15, 0.2) is 22.8 Å². The molecule has 22 heavy (non-hydrogen) atoms. The molecule has 0 saturated carbocycles. The van der Waals surface area contributed by atoms with E-state index in [1.165, 1.54) is 34.5 Å². The molecule has 5 nitrogen and oxygen atoms in total. The van der Waals surface area contributed by atoms with Gasteiger partial charge >= 0.3 is 0 Å². The number of rotatable bonds is 2. The lowest BCUT2D eigenvalue weighted by Gasteiger charge is -2.16. The van der Waals surface area contributed by atoms with Crippen molar-refractivity contribution in [3.8, 4) is 0 Å². The molecule has 2 amide bonds. The Labute approximate surface area is 132 Å². The second-order valence-electron chi connectivity index (χ2n) is 5.71. The highest BCUT2D eigenvalue weighted by Gasteiger charge is 2.21. The summed E-state index contributed by atoms with van der Waals surface area (Å²) >= 11 is 1.52. The van der Waals surface area contributed by atoms with E-state index in [0.717, 1.165) is 12.8 Å². The van der Waals surface area contributed by atoms with Gasteiger partial charge in [-0.2, -0.15) is 0 Å². The number of hydrogen-bond donors (Lipinski definition) is 2. The Hall–Kier alpha value is -2.08. The molecule has 0 aliphatic heterocycles. The maximum Gasteiger partial charge on any atom is 0.279 e.